The van der Waals surface area contributed by atoms with Crippen molar-refractivity contribution in [2.75, 3.05) is 80.3 Å². The number of quaternary nitrogens is 2. The molecule has 0 atom stereocenters. The molecule has 8 bridgehead atoms. The van der Waals surface area contributed by atoms with Gasteiger partial charge in [0.2, 0.25) is 0 Å². The zero-order valence-corrected chi connectivity index (χ0v) is 52.5. The summed E-state index contributed by atoms with van der Waals surface area (Å²) in [6, 6.07) is 34.4. The average Bonchev–Trinajstić information content (AvgIpc) is 3.98. The molecule has 2 aliphatic heterocycles. The first kappa shape index (κ1) is 51.7. The van der Waals surface area contributed by atoms with E-state index in [1.165, 1.54) is 0 Å². The molecule has 70 heavy (non-hydrogen) atoms. The number of fused-ring (bicyclic) bond motifs is 8. The summed E-state index contributed by atoms with van der Waals surface area (Å²) in [6.45, 7) is 0. The highest BCUT2D eigenvalue weighted by Gasteiger charge is 2.30. The summed E-state index contributed by atoms with van der Waals surface area (Å²) in [6.07, 6.45) is 0. The molecule has 4 aromatic carbocycles. The molecule has 0 radical (unpaired) electrons. The molecule has 0 spiro atoms. The van der Waals surface area contributed by atoms with Crippen LogP contribution in [0.2, 0.25) is 0 Å². The number of hydrogen-bond donors (Lipinski definition) is 0. The van der Waals surface area contributed by atoms with E-state index in [0.29, 0.717) is 53.8 Å². The summed E-state index contributed by atoms with van der Waals surface area (Å²) in [4.78, 5) is 26.8. The molecule has 2 aliphatic rings. The molecule has 7 aromatic rings. The highest BCUT2D eigenvalue weighted by Crippen LogP contribution is 2.53. The maximum absolute atomic E-state index is 5.67. The number of anilines is 2. The second-order valence-electron chi connectivity index (χ2n) is 19.2. The number of aromatic nitrogens is 4. The fourth-order valence-electron chi connectivity index (χ4n) is 8.54. The van der Waals surface area contributed by atoms with Crippen LogP contribution in [0.15, 0.2) is 115 Å². The van der Waals surface area contributed by atoms with E-state index in [4.69, 9.17) is 19.9 Å². The van der Waals surface area contributed by atoms with Crippen LogP contribution in [-0.4, -0.2) is 80.4 Å². The third-order valence-corrected chi connectivity index (χ3v) is 20.7. The fourth-order valence-corrected chi connectivity index (χ4v) is 12.3. The molecule has 0 fully saturated rings. The lowest BCUT2D eigenvalue weighted by atomic mass is 10.0. The van der Waals surface area contributed by atoms with E-state index in [2.05, 4.69) is 277 Å². The molecular formula is C54H46Br8N8. The molecule has 9 rings (SSSR count). The normalized spacial score (nSPS) is 13.2. The minimum atomic E-state index is 0.659. The van der Waals surface area contributed by atoms with Gasteiger partial charge in [0.25, 0.3) is 0 Å². The molecule has 16 heteroatoms. The van der Waals surface area contributed by atoms with Crippen LogP contribution in [0.1, 0.15) is 22.8 Å². The Kier molecular flexibility index (Phi) is 14.5. The Labute approximate surface area is 476 Å². The van der Waals surface area contributed by atoms with Crippen molar-refractivity contribution in [1.82, 2.24) is 28.9 Å². The molecule has 0 saturated carbocycles. The lowest BCUT2D eigenvalue weighted by Gasteiger charge is -2.24. The largest absolute Gasteiger partial charge is 0.655 e. The van der Waals surface area contributed by atoms with Crippen molar-refractivity contribution >= 4 is 190 Å². The first-order chi connectivity index (χ1) is 33.0. The van der Waals surface area contributed by atoms with Gasteiger partial charge in [0.15, 0.2) is 0 Å². The fraction of sp³-hybridized carbons (Fsp3) is 0.185. The molecule has 0 saturated heterocycles. The second kappa shape index (κ2) is 19.6. The first-order valence-corrected chi connectivity index (χ1v) is 28.3. The van der Waals surface area contributed by atoms with E-state index in [1.807, 2.05) is 28.2 Å². The second-order valence-corrected chi connectivity index (χ2v) is 25.6. The number of halogens is 8. The van der Waals surface area contributed by atoms with E-state index >= 15 is 0 Å². The van der Waals surface area contributed by atoms with Crippen molar-refractivity contribution < 1.29 is 0 Å². The van der Waals surface area contributed by atoms with Crippen LogP contribution in [0.25, 0.3) is 84.5 Å². The maximum Gasteiger partial charge on any atom is 0.132 e. The molecule has 0 aliphatic carbocycles. The molecule has 8 nitrogen and oxygen atoms in total. The van der Waals surface area contributed by atoms with Gasteiger partial charge in [-0.05, 0) is 175 Å². The highest BCUT2D eigenvalue weighted by molar-refractivity contribution is 9.18. The quantitative estimate of drug-likeness (QED) is 0.141. The van der Waals surface area contributed by atoms with E-state index in [0.717, 1.165) is 103 Å². The summed E-state index contributed by atoms with van der Waals surface area (Å²) in [5.41, 5.74) is 17.1. The minimum Gasteiger partial charge on any atom is -0.655 e. The highest BCUT2D eigenvalue weighted by atomic mass is 79.9. The van der Waals surface area contributed by atoms with Gasteiger partial charge in [-0.25, -0.2) is 9.97 Å². The Bertz CT molecular complexity index is 3500. The predicted octanol–water partition coefficient (Wildman–Crippen LogP) is 17.0. The SMILES string of the molecule is CN(C)c1ccc(-c2c3nc(c(-c4ccc(N(C)C)cc4)c4[n-]c(c(Br)c4Br)c(-c4ccc([N+](C)(C)C)cc4)c4[n-]c(c(Br)c4Br)c(-c4ccc([N+](C)(C)C)cc4)c4nc2C(Br)=C4Br)C(Br)=C3Br)cc1. The van der Waals surface area contributed by atoms with Gasteiger partial charge < -0.3 is 19.8 Å². The Morgan fingerprint density at radius 3 is 0.871 bits per heavy atom. The van der Waals surface area contributed by atoms with Crippen LogP contribution >= 0.6 is 127 Å². The van der Waals surface area contributed by atoms with Crippen molar-refractivity contribution in [2.45, 2.75) is 0 Å². The van der Waals surface area contributed by atoms with E-state index < -0.39 is 0 Å². The maximum atomic E-state index is 5.67. The van der Waals surface area contributed by atoms with Crippen molar-refractivity contribution in [2.24, 2.45) is 0 Å². The predicted molar refractivity (Wildman–Crippen MR) is 329 cm³/mol. The van der Waals surface area contributed by atoms with Gasteiger partial charge in [0.1, 0.15) is 11.4 Å². The van der Waals surface area contributed by atoms with Crippen LogP contribution in [0.4, 0.5) is 22.7 Å². The smallest absolute Gasteiger partial charge is 0.132 e. The average molecular weight is 1450 g/mol. The number of hydrogen-bond acceptors (Lipinski definition) is 4. The molecule has 0 amide bonds. The standard InChI is InChI=1S/C54H46Br8N8/c1-67(2)31-19-11-27(12-20-31)35-47-39(55)40(56)48(63-47)36(28-13-21-32(22-14-28)68(3)4)50-42(58)44(60)52(65-50)38(30-17-25-34(26-18-30)70(8,9)10)54-46(62)45(61)53(66-54)37(51-43(59)41(57)49(35)64-51)29-15-23-33(24-16-29)69(5,6)7/h11-26H,1-10H3. The minimum absolute atomic E-state index is 0.659. The molecule has 358 valence electrons. The van der Waals surface area contributed by atoms with E-state index in [9.17, 15) is 0 Å². The summed E-state index contributed by atoms with van der Waals surface area (Å²) >= 11 is 32.7. The number of benzene rings is 4. The van der Waals surface area contributed by atoms with Crippen molar-refractivity contribution in [1.29, 1.82) is 0 Å². The van der Waals surface area contributed by atoms with Crippen molar-refractivity contribution in [3.63, 3.8) is 0 Å². The van der Waals surface area contributed by atoms with Gasteiger partial charge in [-0.1, -0.05) is 88.0 Å². The summed E-state index contributed by atoms with van der Waals surface area (Å²) in [5, 5.41) is 0. The third kappa shape index (κ3) is 9.27. The topological polar surface area (TPSA) is 60.5 Å². The van der Waals surface area contributed by atoms with Crippen LogP contribution < -0.4 is 28.7 Å². The molecule has 0 unspecified atom stereocenters. The Morgan fingerprint density at radius 1 is 0.343 bits per heavy atom. The van der Waals surface area contributed by atoms with Gasteiger partial charge in [0, 0.05) is 63.0 Å². The van der Waals surface area contributed by atoms with Gasteiger partial charge in [0.05, 0.1) is 83.0 Å². The van der Waals surface area contributed by atoms with Crippen molar-refractivity contribution in [3.05, 3.63) is 138 Å². The zero-order valence-electron chi connectivity index (χ0n) is 39.8. The van der Waals surface area contributed by atoms with Crippen LogP contribution in [-0.2, 0) is 0 Å². The molecular weight excluding hydrogens is 1400 g/mol. The van der Waals surface area contributed by atoms with Gasteiger partial charge in [-0.15, -0.1) is 22.1 Å². The van der Waals surface area contributed by atoms with Gasteiger partial charge in [-0.3, -0.25) is 8.97 Å². The Hall–Kier alpha value is -3.16. The monoisotopic (exact) mass is 1440 g/mol. The van der Waals surface area contributed by atoms with Crippen LogP contribution in [0.3, 0.4) is 0 Å². The lowest BCUT2D eigenvalue weighted by Crippen LogP contribution is -2.34. The van der Waals surface area contributed by atoms with Gasteiger partial charge >= 0.3 is 0 Å². The molecule has 3 aromatic heterocycles. The zero-order chi connectivity index (χ0) is 50.5. The van der Waals surface area contributed by atoms with Crippen LogP contribution in [0.5, 0.6) is 0 Å². The van der Waals surface area contributed by atoms with E-state index in [-0.39, 0.29) is 0 Å². The van der Waals surface area contributed by atoms with Gasteiger partial charge in [-0.2, -0.15) is 0 Å². The van der Waals surface area contributed by atoms with Crippen LogP contribution in [0, 0.1) is 0 Å². The lowest BCUT2D eigenvalue weighted by molar-refractivity contribution is 0.486. The first-order valence-electron chi connectivity index (χ1n) is 22.0. The number of rotatable bonds is 8. The third-order valence-electron chi connectivity index (χ3n) is 12.4. The summed E-state index contributed by atoms with van der Waals surface area (Å²) < 4.78 is 7.51. The summed E-state index contributed by atoms with van der Waals surface area (Å²) in [5.74, 6) is 0. The summed E-state index contributed by atoms with van der Waals surface area (Å²) in [7, 11) is 21.2. The molecule has 0 N–H and O–H groups in total. The Balaban J connectivity index is 1.57. The molecule has 5 heterocycles. The van der Waals surface area contributed by atoms with Crippen molar-refractivity contribution in [3.8, 4) is 44.5 Å². The Morgan fingerprint density at radius 2 is 0.586 bits per heavy atom. The van der Waals surface area contributed by atoms with E-state index in [1.54, 1.807) is 0 Å². The number of nitrogens with zero attached hydrogens (tertiary/aromatic N) is 8.